The fraction of sp³-hybridized carbons (Fsp3) is 0.115. The van der Waals surface area contributed by atoms with E-state index in [4.69, 9.17) is 4.74 Å². The lowest BCUT2D eigenvalue weighted by Gasteiger charge is -2.09. The van der Waals surface area contributed by atoms with Crippen LogP contribution in [0.25, 0.3) is 11.3 Å². The van der Waals surface area contributed by atoms with Gasteiger partial charge in [-0.05, 0) is 37.3 Å². The number of thiazole rings is 1. The maximum absolute atomic E-state index is 12.5. The molecule has 172 valence electrons. The molecule has 0 radical (unpaired) electrons. The van der Waals surface area contributed by atoms with E-state index in [1.807, 2.05) is 73.7 Å². The number of thioether (sulfide) groups is 1. The molecule has 0 aliphatic carbocycles. The number of ether oxygens (including phenoxy) is 1. The Labute approximate surface area is 206 Å². The smallest absolute Gasteiger partial charge is 0.262 e. The summed E-state index contributed by atoms with van der Waals surface area (Å²) >= 11 is 2.85. The molecule has 3 aromatic carbocycles. The van der Waals surface area contributed by atoms with Gasteiger partial charge in [-0.15, -0.1) is 23.1 Å². The van der Waals surface area contributed by atoms with Crippen LogP contribution >= 0.6 is 23.1 Å². The van der Waals surface area contributed by atoms with Gasteiger partial charge in [-0.3, -0.25) is 9.59 Å². The van der Waals surface area contributed by atoms with Crippen molar-refractivity contribution in [2.45, 2.75) is 11.8 Å². The number of benzene rings is 3. The molecule has 0 bridgehead atoms. The topological polar surface area (TPSA) is 80.3 Å². The summed E-state index contributed by atoms with van der Waals surface area (Å²) in [6, 6.07) is 26.4. The first kappa shape index (κ1) is 23.5. The largest absolute Gasteiger partial charge is 0.484 e. The minimum atomic E-state index is -0.253. The molecule has 1 heterocycles. The first-order chi connectivity index (χ1) is 16.6. The number of aromatic nitrogens is 1. The van der Waals surface area contributed by atoms with Gasteiger partial charge in [0, 0.05) is 21.0 Å². The summed E-state index contributed by atoms with van der Waals surface area (Å²) in [6.45, 7) is 1.91. The molecule has 0 unspecified atom stereocenters. The van der Waals surface area contributed by atoms with Crippen LogP contribution in [0.2, 0.25) is 0 Å². The highest BCUT2D eigenvalue weighted by molar-refractivity contribution is 8.00. The van der Waals surface area contributed by atoms with E-state index in [0.29, 0.717) is 16.6 Å². The molecule has 0 fully saturated rings. The van der Waals surface area contributed by atoms with E-state index in [2.05, 4.69) is 15.6 Å². The summed E-state index contributed by atoms with van der Waals surface area (Å²) in [7, 11) is 0. The Balaban J connectivity index is 1.27. The molecule has 1 aromatic heterocycles. The standard InChI is InChI=1S/C26H23N3O3S2/c1-18-25(19-9-4-2-5-10-19)29-26(34-18)28-24(31)17-33-22-14-8-11-20(15-22)27-23(30)16-32-21-12-6-3-7-13-21/h2-15H,16-17H2,1H3,(H,27,30)(H,28,29,31). The lowest BCUT2D eigenvalue weighted by Crippen LogP contribution is -2.20. The van der Waals surface area contributed by atoms with Crippen molar-refractivity contribution < 1.29 is 14.3 Å². The van der Waals surface area contributed by atoms with Crippen LogP contribution in [0.3, 0.4) is 0 Å². The fourth-order valence-electron chi connectivity index (χ4n) is 3.14. The number of amides is 2. The quantitative estimate of drug-likeness (QED) is 0.288. The van der Waals surface area contributed by atoms with Gasteiger partial charge in [0.2, 0.25) is 5.91 Å². The molecular formula is C26H23N3O3S2. The van der Waals surface area contributed by atoms with Gasteiger partial charge in [0.15, 0.2) is 11.7 Å². The van der Waals surface area contributed by atoms with Crippen molar-refractivity contribution in [2.75, 3.05) is 23.0 Å². The summed E-state index contributed by atoms with van der Waals surface area (Å²) in [5.41, 5.74) is 2.56. The third kappa shape index (κ3) is 6.69. The molecule has 2 amide bonds. The minimum absolute atomic E-state index is 0.0814. The van der Waals surface area contributed by atoms with E-state index in [9.17, 15) is 9.59 Å². The Morgan fingerprint density at radius 1 is 0.912 bits per heavy atom. The highest BCUT2D eigenvalue weighted by Gasteiger charge is 2.12. The van der Waals surface area contributed by atoms with E-state index in [1.54, 1.807) is 18.2 Å². The number of carbonyl (C=O) groups is 2. The van der Waals surface area contributed by atoms with Crippen molar-refractivity contribution in [1.82, 2.24) is 4.98 Å². The maximum Gasteiger partial charge on any atom is 0.262 e. The van der Waals surface area contributed by atoms with E-state index in [1.165, 1.54) is 23.1 Å². The summed E-state index contributed by atoms with van der Waals surface area (Å²) in [5, 5.41) is 6.29. The predicted octanol–water partition coefficient (Wildman–Crippen LogP) is 5.87. The van der Waals surface area contributed by atoms with Gasteiger partial charge >= 0.3 is 0 Å². The second-order valence-corrected chi connectivity index (χ2v) is 9.56. The van der Waals surface area contributed by atoms with Crippen molar-refractivity contribution in [3.63, 3.8) is 0 Å². The van der Waals surface area contributed by atoms with Crippen molar-refractivity contribution >= 4 is 45.7 Å². The molecule has 0 spiro atoms. The molecule has 6 nitrogen and oxygen atoms in total. The van der Waals surface area contributed by atoms with Crippen LogP contribution in [0.1, 0.15) is 4.88 Å². The third-order valence-corrected chi connectivity index (χ3v) is 6.57. The van der Waals surface area contributed by atoms with Gasteiger partial charge in [0.25, 0.3) is 5.91 Å². The zero-order valence-corrected chi connectivity index (χ0v) is 20.1. The molecule has 2 N–H and O–H groups in total. The van der Waals surface area contributed by atoms with Crippen molar-refractivity contribution in [1.29, 1.82) is 0 Å². The molecule has 34 heavy (non-hydrogen) atoms. The van der Waals surface area contributed by atoms with E-state index in [-0.39, 0.29) is 24.2 Å². The van der Waals surface area contributed by atoms with Crippen LogP contribution in [0.5, 0.6) is 5.75 Å². The average Bonchev–Trinajstić information content (AvgIpc) is 3.22. The maximum atomic E-state index is 12.5. The van der Waals surface area contributed by atoms with Gasteiger partial charge in [0.05, 0.1) is 11.4 Å². The summed E-state index contributed by atoms with van der Waals surface area (Å²) < 4.78 is 5.47. The number of nitrogens with zero attached hydrogens (tertiary/aromatic N) is 1. The zero-order chi connectivity index (χ0) is 23.8. The van der Waals surface area contributed by atoms with Gasteiger partial charge in [-0.25, -0.2) is 4.98 Å². The molecule has 0 saturated heterocycles. The predicted molar refractivity (Wildman–Crippen MR) is 139 cm³/mol. The number of hydrogen-bond acceptors (Lipinski definition) is 6. The van der Waals surface area contributed by atoms with E-state index >= 15 is 0 Å². The second-order valence-electron chi connectivity index (χ2n) is 7.30. The summed E-state index contributed by atoms with van der Waals surface area (Å²) in [4.78, 5) is 31.2. The molecule has 0 aliphatic rings. The Bertz CT molecular complexity index is 1260. The Hall–Kier alpha value is -3.62. The molecule has 0 aliphatic heterocycles. The lowest BCUT2D eigenvalue weighted by atomic mass is 10.1. The van der Waals surface area contributed by atoms with Crippen LogP contribution in [0, 0.1) is 6.92 Å². The molecule has 4 rings (SSSR count). The van der Waals surface area contributed by atoms with Gasteiger partial charge in [-0.1, -0.05) is 54.6 Å². The highest BCUT2D eigenvalue weighted by Crippen LogP contribution is 2.30. The number of para-hydroxylation sites is 1. The molecule has 0 saturated carbocycles. The van der Waals surface area contributed by atoms with Crippen LogP contribution in [0.15, 0.2) is 89.8 Å². The number of aryl methyl sites for hydroxylation is 1. The molecule has 8 heteroatoms. The van der Waals surface area contributed by atoms with Gasteiger partial charge < -0.3 is 15.4 Å². The van der Waals surface area contributed by atoms with Crippen LogP contribution < -0.4 is 15.4 Å². The van der Waals surface area contributed by atoms with E-state index < -0.39 is 0 Å². The van der Waals surface area contributed by atoms with Crippen LogP contribution in [-0.2, 0) is 9.59 Å². The Morgan fingerprint density at radius 2 is 1.65 bits per heavy atom. The number of nitrogens with one attached hydrogen (secondary N) is 2. The monoisotopic (exact) mass is 489 g/mol. The first-order valence-electron chi connectivity index (χ1n) is 10.6. The van der Waals surface area contributed by atoms with Gasteiger partial charge in [0.1, 0.15) is 5.75 Å². The zero-order valence-electron chi connectivity index (χ0n) is 18.5. The van der Waals surface area contributed by atoms with Crippen LogP contribution in [0.4, 0.5) is 10.8 Å². The Kier molecular flexibility index (Phi) is 7.95. The second kappa shape index (κ2) is 11.5. The lowest BCUT2D eigenvalue weighted by molar-refractivity contribution is -0.118. The average molecular weight is 490 g/mol. The van der Waals surface area contributed by atoms with Crippen molar-refractivity contribution in [2.24, 2.45) is 0 Å². The number of anilines is 2. The molecular weight excluding hydrogens is 466 g/mol. The first-order valence-corrected chi connectivity index (χ1v) is 12.4. The summed E-state index contributed by atoms with van der Waals surface area (Å²) in [6.07, 6.45) is 0. The summed E-state index contributed by atoms with van der Waals surface area (Å²) in [5.74, 6) is 0.480. The normalized spacial score (nSPS) is 10.5. The highest BCUT2D eigenvalue weighted by atomic mass is 32.2. The third-order valence-electron chi connectivity index (χ3n) is 4.69. The van der Waals surface area contributed by atoms with Crippen LogP contribution in [-0.4, -0.2) is 29.2 Å². The number of carbonyl (C=O) groups excluding carboxylic acids is 2. The minimum Gasteiger partial charge on any atom is -0.484 e. The molecule has 4 aromatic rings. The van der Waals surface area contributed by atoms with Gasteiger partial charge in [-0.2, -0.15) is 0 Å². The van der Waals surface area contributed by atoms with Crippen molar-refractivity contribution in [3.8, 4) is 17.0 Å². The fourth-order valence-corrected chi connectivity index (χ4v) is 4.75. The number of rotatable bonds is 9. The SMILES string of the molecule is Cc1sc(NC(=O)CSc2cccc(NC(=O)COc3ccccc3)c2)nc1-c1ccccc1. The Morgan fingerprint density at radius 3 is 2.41 bits per heavy atom. The number of hydrogen-bond donors (Lipinski definition) is 2. The van der Waals surface area contributed by atoms with E-state index in [0.717, 1.165) is 21.0 Å². The molecule has 0 atom stereocenters. The van der Waals surface area contributed by atoms with Crippen molar-refractivity contribution in [3.05, 3.63) is 89.8 Å².